The number of hydrogen-bond acceptors (Lipinski definition) is 4. The normalized spacial score (nSPS) is 13.6. The molecule has 0 saturated carbocycles. The largest absolute Gasteiger partial charge is 0.324 e. The zero-order valence-electron chi connectivity index (χ0n) is 10.2. The van der Waals surface area contributed by atoms with Gasteiger partial charge in [0.05, 0.1) is 5.75 Å². The quantitative estimate of drug-likeness (QED) is 0.807. The molecule has 0 saturated heterocycles. The first-order chi connectivity index (χ1) is 7.94. The second-order valence-corrected chi connectivity index (χ2v) is 7.58. The highest BCUT2D eigenvalue weighted by Gasteiger charge is 2.07. The summed E-state index contributed by atoms with van der Waals surface area (Å²) in [5, 5.41) is 0. The van der Waals surface area contributed by atoms with Crippen molar-refractivity contribution in [3.63, 3.8) is 0 Å². The minimum Gasteiger partial charge on any atom is -0.324 e. The average Bonchev–Trinajstić information content (AvgIpc) is 2.29. The van der Waals surface area contributed by atoms with Gasteiger partial charge in [0.2, 0.25) is 0 Å². The summed E-state index contributed by atoms with van der Waals surface area (Å²) in [6, 6.07) is 7.99. The van der Waals surface area contributed by atoms with E-state index in [4.69, 9.17) is 5.73 Å². The fourth-order valence-corrected chi connectivity index (χ4v) is 3.50. The summed E-state index contributed by atoms with van der Waals surface area (Å²) in [6.07, 6.45) is 0. The van der Waals surface area contributed by atoms with Gasteiger partial charge in [0, 0.05) is 22.4 Å². The topological polar surface area (TPSA) is 60.2 Å². The van der Waals surface area contributed by atoms with Crippen LogP contribution in [0, 0.1) is 0 Å². The maximum atomic E-state index is 11.3. The maximum Gasteiger partial charge on any atom is 0.150 e. The van der Waals surface area contributed by atoms with E-state index < -0.39 is 9.84 Å². The average molecular weight is 273 g/mol. The van der Waals surface area contributed by atoms with Crippen LogP contribution in [0.3, 0.4) is 0 Å². The number of sulfone groups is 1. The first kappa shape index (κ1) is 14.5. The summed E-state index contributed by atoms with van der Waals surface area (Å²) >= 11 is 1.56. The molecule has 0 heterocycles. The number of thioether (sulfide) groups is 1. The minimum absolute atomic E-state index is 0.0366. The molecule has 0 aromatic heterocycles. The molecular formula is C12H19NO2S2. The Bertz CT molecular complexity index is 438. The summed E-state index contributed by atoms with van der Waals surface area (Å²) in [6.45, 7) is 3.62. The number of nitrogens with two attached hydrogens (primary N) is 1. The van der Waals surface area contributed by atoms with Gasteiger partial charge in [-0.2, -0.15) is 0 Å². The van der Waals surface area contributed by atoms with Gasteiger partial charge in [0.1, 0.15) is 0 Å². The first-order valence-corrected chi connectivity index (χ1v) is 8.44. The fraction of sp³-hybridized carbons (Fsp3) is 0.500. The van der Waals surface area contributed by atoms with Gasteiger partial charge in [-0.25, -0.2) is 8.42 Å². The zero-order chi connectivity index (χ0) is 12.9. The molecule has 1 atom stereocenters. The smallest absolute Gasteiger partial charge is 0.150 e. The van der Waals surface area contributed by atoms with Crippen LogP contribution in [0.4, 0.5) is 0 Å². The minimum atomic E-state index is -2.85. The van der Waals surface area contributed by atoms with E-state index in [1.807, 2.05) is 31.2 Å². The van der Waals surface area contributed by atoms with Gasteiger partial charge >= 0.3 is 0 Å². The molecule has 0 bridgehead atoms. The molecule has 0 radical (unpaired) electrons. The molecule has 0 aliphatic heterocycles. The molecule has 0 fully saturated rings. The van der Waals surface area contributed by atoms with Crippen LogP contribution in [0.5, 0.6) is 0 Å². The van der Waals surface area contributed by atoms with Crippen molar-refractivity contribution in [2.24, 2.45) is 5.73 Å². The zero-order valence-corrected chi connectivity index (χ0v) is 11.9. The molecular weight excluding hydrogens is 254 g/mol. The predicted molar refractivity (Wildman–Crippen MR) is 74.1 cm³/mol. The molecule has 1 unspecified atom stereocenters. The Balaban J connectivity index is 2.48. The third-order valence-electron chi connectivity index (χ3n) is 2.51. The van der Waals surface area contributed by atoms with E-state index >= 15 is 0 Å². The highest BCUT2D eigenvalue weighted by Crippen LogP contribution is 2.20. The van der Waals surface area contributed by atoms with Crippen LogP contribution in [-0.2, 0) is 9.84 Å². The van der Waals surface area contributed by atoms with E-state index in [0.29, 0.717) is 5.75 Å². The summed E-state index contributed by atoms with van der Waals surface area (Å²) < 4.78 is 22.6. The van der Waals surface area contributed by atoms with Crippen LogP contribution in [0.15, 0.2) is 29.2 Å². The van der Waals surface area contributed by atoms with Gasteiger partial charge in [-0.05, 0) is 24.6 Å². The lowest BCUT2D eigenvalue weighted by atomic mass is 10.1. The van der Waals surface area contributed by atoms with E-state index in [0.717, 1.165) is 10.5 Å². The molecule has 0 aliphatic carbocycles. The van der Waals surface area contributed by atoms with Crippen molar-refractivity contribution < 1.29 is 8.42 Å². The fourth-order valence-electron chi connectivity index (χ4n) is 1.30. The maximum absolute atomic E-state index is 11.3. The van der Waals surface area contributed by atoms with Crippen LogP contribution in [-0.4, -0.2) is 25.7 Å². The van der Waals surface area contributed by atoms with Crippen molar-refractivity contribution >= 4 is 21.6 Å². The van der Waals surface area contributed by atoms with Crippen molar-refractivity contribution in [2.45, 2.75) is 24.8 Å². The molecule has 5 heteroatoms. The van der Waals surface area contributed by atoms with Gasteiger partial charge in [-0.1, -0.05) is 19.1 Å². The third kappa shape index (κ3) is 5.10. The Labute approximate surface area is 108 Å². The van der Waals surface area contributed by atoms with Gasteiger partial charge in [0.25, 0.3) is 0 Å². The van der Waals surface area contributed by atoms with Crippen LogP contribution in [0.25, 0.3) is 0 Å². The van der Waals surface area contributed by atoms with Crippen LogP contribution >= 0.6 is 11.8 Å². The molecule has 1 aromatic carbocycles. The summed E-state index contributed by atoms with van der Waals surface area (Å²) in [4.78, 5) is 1.08. The van der Waals surface area contributed by atoms with Crippen molar-refractivity contribution in [1.82, 2.24) is 0 Å². The van der Waals surface area contributed by atoms with Crippen LogP contribution < -0.4 is 5.73 Å². The van der Waals surface area contributed by atoms with E-state index in [-0.39, 0.29) is 17.5 Å². The second kappa shape index (κ2) is 6.42. The summed E-state index contributed by atoms with van der Waals surface area (Å²) in [5.74, 6) is 1.06. The Morgan fingerprint density at radius 3 is 2.35 bits per heavy atom. The number of benzene rings is 1. The molecule has 3 nitrogen and oxygen atoms in total. The second-order valence-electron chi connectivity index (χ2n) is 3.94. The summed E-state index contributed by atoms with van der Waals surface area (Å²) in [7, 11) is -2.85. The lowest BCUT2D eigenvalue weighted by molar-refractivity contribution is 0.599. The highest BCUT2D eigenvalue weighted by molar-refractivity contribution is 8.00. The molecule has 17 heavy (non-hydrogen) atoms. The molecule has 1 rings (SSSR count). The Hall–Kier alpha value is -0.520. The van der Waals surface area contributed by atoms with Crippen LogP contribution in [0.2, 0.25) is 0 Å². The Kier molecular flexibility index (Phi) is 5.49. The molecule has 0 aliphatic rings. The van der Waals surface area contributed by atoms with Gasteiger partial charge in [0.15, 0.2) is 9.84 Å². The van der Waals surface area contributed by atoms with Gasteiger partial charge in [-0.15, -0.1) is 11.8 Å². The van der Waals surface area contributed by atoms with Crippen molar-refractivity contribution in [1.29, 1.82) is 0 Å². The van der Waals surface area contributed by atoms with Crippen LogP contribution in [0.1, 0.15) is 25.5 Å². The molecule has 0 spiro atoms. The van der Waals surface area contributed by atoms with Crippen molar-refractivity contribution in [2.75, 3.05) is 17.3 Å². The lowest BCUT2D eigenvalue weighted by Gasteiger charge is -2.06. The number of hydrogen-bond donors (Lipinski definition) is 1. The molecule has 0 amide bonds. The monoisotopic (exact) mass is 273 g/mol. The number of rotatable bonds is 6. The summed E-state index contributed by atoms with van der Waals surface area (Å²) in [5.41, 5.74) is 6.85. The van der Waals surface area contributed by atoms with Crippen molar-refractivity contribution in [3.8, 4) is 0 Å². The molecule has 96 valence electrons. The highest BCUT2D eigenvalue weighted by atomic mass is 32.2. The van der Waals surface area contributed by atoms with E-state index in [2.05, 4.69) is 0 Å². The van der Waals surface area contributed by atoms with Crippen molar-refractivity contribution in [3.05, 3.63) is 29.8 Å². The van der Waals surface area contributed by atoms with Gasteiger partial charge < -0.3 is 5.73 Å². The van der Waals surface area contributed by atoms with E-state index in [1.54, 1.807) is 18.7 Å². The first-order valence-electron chi connectivity index (χ1n) is 5.63. The Morgan fingerprint density at radius 1 is 1.29 bits per heavy atom. The SMILES string of the molecule is CCS(=O)(=O)CCSc1ccc(C(C)N)cc1. The Morgan fingerprint density at radius 2 is 1.88 bits per heavy atom. The molecule has 2 N–H and O–H groups in total. The standard InChI is InChI=1S/C12H19NO2S2/c1-3-17(14,15)9-8-16-12-6-4-11(5-7-12)10(2)13/h4-7,10H,3,8-9,13H2,1-2H3. The van der Waals surface area contributed by atoms with E-state index in [9.17, 15) is 8.42 Å². The van der Waals surface area contributed by atoms with Gasteiger partial charge in [-0.3, -0.25) is 0 Å². The van der Waals surface area contributed by atoms with E-state index in [1.165, 1.54) is 0 Å². The third-order valence-corrected chi connectivity index (χ3v) is 5.49. The predicted octanol–water partition coefficient (Wildman–Crippen LogP) is 2.23. The lowest BCUT2D eigenvalue weighted by Crippen LogP contribution is -2.10. The molecule has 1 aromatic rings.